The number of carbonyl (C=O) groups is 3. The Labute approximate surface area is 195 Å². The summed E-state index contributed by atoms with van der Waals surface area (Å²) >= 11 is 2.60. The molecule has 1 fully saturated rings. The fraction of sp³-hybridized carbons (Fsp3) is 0.375. The van der Waals surface area contributed by atoms with Gasteiger partial charge >= 0.3 is 5.97 Å². The lowest BCUT2D eigenvalue weighted by Gasteiger charge is -2.13. The van der Waals surface area contributed by atoms with Crippen LogP contribution >= 0.6 is 23.1 Å². The molecule has 2 amide bonds. The van der Waals surface area contributed by atoms with Gasteiger partial charge in [0.15, 0.2) is 0 Å². The minimum Gasteiger partial charge on any atom is -0.462 e. The van der Waals surface area contributed by atoms with E-state index in [0.29, 0.717) is 17.1 Å². The smallest absolute Gasteiger partial charge is 0.341 e. The van der Waals surface area contributed by atoms with E-state index in [2.05, 4.69) is 11.1 Å². The van der Waals surface area contributed by atoms with E-state index in [0.717, 1.165) is 65.0 Å². The summed E-state index contributed by atoms with van der Waals surface area (Å²) in [6.45, 7) is 9.92. The number of thioether (sulfide) groups is 1. The molecule has 0 spiro atoms. The average molecular weight is 471 g/mol. The number of fused-ring (bicyclic) bond motifs is 1. The van der Waals surface area contributed by atoms with Crippen molar-refractivity contribution in [3.63, 3.8) is 0 Å². The van der Waals surface area contributed by atoms with Crippen LogP contribution < -0.4 is 0 Å². The molecule has 0 aromatic carbocycles. The Kier molecular flexibility index (Phi) is 6.44. The van der Waals surface area contributed by atoms with Crippen LogP contribution in [0.1, 0.15) is 57.5 Å². The van der Waals surface area contributed by atoms with E-state index in [1.54, 1.807) is 23.5 Å². The second-order valence-electron chi connectivity index (χ2n) is 7.85. The largest absolute Gasteiger partial charge is 0.462 e. The number of ether oxygens (including phenoxy) is 1. The molecule has 8 heteroatoms. The standard InChI is InChI=1S/C24H26N2O4S2/c1-5-11-25-21(27)19(32-24(25)29)13-16-12-14(3)26(15(16)4)22-20(23(28)30-6-2)17-9-7-8-10-18(17)31-22/h5,12-13H,1,6-11H2,2-4H3/b19-13+. The summed E-state index contributed by atoms with van der Waals surface area (Å²) in [4.78, 5) is 40.6. The zero-order valence-corrected chi connectivity index (χ0v) is 20.2. The summed E-state index contributed by atoms with van der Waals surface area (Å²) in [5.74, 6) is -0.579. The molecular weight excluding hydrogens is 444 g/mol. The topological polar surface area (TPSA) is 68.6 Å². The highest BCUT2D eigenvalue weighted by Crippen LogP contribution is 2.40. The lowest BCUT2D eigenvalue weighted by Crippen LogP contribution is -2.27. The molecule has 0 unspecified atom stereocenters. The summed E-state index contributed by atoms with van der Waals surface area (Å²) in [7, 11) is 0. The summed E-state index contributed by atoms with van der Waals surface area (Å²) in [5, 5.41) is 0.593. The molecular formula is C24H26N2O4S2. The van der Waals surface area contributed by atoms with Crippen LogP contribution in [0.25, 0.3) is 11.1 Å². The molecule has 0 radical (unpaired) electrons. The van der Waals surface area contributed by atoms with Gasteiger partial charge in [-0.15, -0.1) is 17.9 Å². The van der Waals surface area contributed by atoms with Gasteiger partial charge in [0.25, 0.3) is 11.1 Å². The van der Waals surface area contributed by atoms with Crippen molar-refractivity contribution < 1.29 is 19.1 Å². The van der Waals surface area contributed by atoms with E-state index in [9.17, 15) is 14.4 Å². The normalized spacial score (nSPS) is 17.2. The Morgan fingerprint density at radius 1 is 1.25 bits per heavy atom. The van der Waals surface area contributed by atoms with Gasteiger partial charge in [0.05, 0.1) is 17.1 Å². The number of esters is 1. The molecule has 1 aliphatic heterocycles. The molecule has 2 aliphatic rings. The lowest BCUT2D eigenvalue weighted by atomic mass is 9.95. The number of rotatable bonds is 6. The molecule has 0 atom stereocenters. The second-order valence-corrected chi connectivity index (χ2v) is 9.93. The van der Waals surface area contributed by atoms with E-state index in [4.69, 9.17) is 4.74 Å². The molecule has 6 nitrogen and oxygen atoms in total. The van der Waals surface area contributed by atoms with Crippen LogP contribution in [0, 0.1) is 13.8 Å². The van der Waals surface area contributed by atoms with E-state index in [1.165, 1.54) is 9.78 Å². The number of thiophene rings is 1. The van der Waals surface area contributed by atoms with Crippen LogP contribution in [-0.2, 0) is 22.4 Å². The van der Waals surface area contributed by atoms with Gasteiger partial charge in [0.1, 0.15) is 5.00 Å². The van der Waals surface area contributed by atoms with E-state index < -0.39 is 0 Å². The fourth-order valence-electron chi connectivity index (χ4n) is 4.30. The molecule has 1 aliphatic carbocycles. The quantitative estimate of drug-likeness (QED) is 0.320. The maximum absolute atomic E-state index is 12.9. The zero-order chi connectivity index (χ0) is 23.0. The first kappa shape index (κ1) is 22.6. The SMILES string of the molecule is C=CCN1C(=O)S/C(=C/c2cc(C)n(-c3sc4c(c3C(=O)OCC)CCCC4)c2C)C1=O. The van der Waals surface area contributed by atoms with Crippen LogP contribution in [0.15, 0.2) is 23.6 Å². The number of hydrogen-bond acceptors (Lipinski definition) is 6. The van der Waals surface area contributed by atoms with E-state index in [1.807, 2.05) is 26.8 Å². The minimum atomic E-state index is -0.302. The predicted octanol–water partition coefficient (Wildman–Crippen LogP) is 5.43. The van der Waals surface area contributed by atoms with Crippen molar-refractivity contribution in [3.8, 4) is 5.00 Å². The molecule has 0 N–H and O–H groups in total. The fourth-order valence-corrected chi connectivity index (χ4v) is 6.62. The number of aryl methyl sites for hydroxylation is 2. The first-order chi connectivity index (χ1) is 15.4. The number of aromatic nitrogens is 1. The molecule has 0 bridgehead atoms. The van der Waals surface area contributed by atoms with Crippen LogP contribution in [0.3, 0.4) is 0 Å². The van der Waals surface area contributed by atoms with Crippen molar-refractivity contribution >= 4 is 46.3 Å². The predicted molar refractivity (Wildman–Crippen MR) is 129 cm³/mol. The Hall–Kier alpha value is -2.58. The van der Waals surface area contributed by atoms with Crippen LogP contribution in [-0.4, -0.2) is 39.7 Å². The first-order valence-corrected chi connectivity index (χ1v) is 12.4. The lowest BCUT2D eigenvalue weighted by molar-refractivity contribution is -0.122. The highest BCUT2D eigenvalue weighted by Gasteiger charge is 2.34. The molecule has 3 heterocycles. The molecule has 4 rings (SSSR count). The summed E-state index contributed by atoms with van der Waals surface area (Å²) in [6.07, 6.45) is 7.39. The third kappa shape index (κ3) is 3.86. The van der Waals surface area contributed by atoms with Gasteiger partial charge in [-0.3, -0.25) is 14.5 Å². The molecule has 2 aromatic rings. The van der Waals surface area contributed by atoms with Crippen molar-refractivity contribution in [1.29, 1.82) is 0 Å². The minimum absolute atomic E-state index is 0.199. The first-order valence-electron chi connectivity index (χ1n) is 10.7. The van der Waals surface area contributed by atoms with Gasteiger partial charge in [-0.1, -0.05) is 6.08 Å². The second kappa shape index (κ2) is 9.11. The van der Waals surface area contributed by atoms with Crippen LogP contribution in [0.2, 0.25) is 0 Å². The molecule has 1 saturated heterocycles. The van der Waals surface area contributed by atoms with Crippen molar-refractivity contribution in [2.45, 2.75) is 46.5 Å². The van der Waals surface area contributed by atoms with Gasteiger partial charge in [0, 0.05) is 22.8 Å². The Bertz CT molecular complexity index is 1160. The number of amides is 2. The maximum atomic E-state index is 12.9. The van der Waals surface area contributed by atoms with E-state index in [-0.39, 0.29) is 23.7 Å². The van der Waals surface area contributed by atoms with Gasteiger partial charge in [0.2, 0.25) is 0 Å². The Morgan fingerprint density at radius 2 is 2.00 bits per heavy atom. The van der Waals surface area contributed by atoms with Crippen molar-refractivity contribution in [3.05, 3.63) is 56.6 Å². The Morgan fingerprint density at radius 3 is 2.72 bits per heavy atom. The molecule has 32 heavy (non-hydrogen) atoms. The third-order valence-electron chi connectivity index (χ3n) is 5.78. The maximum Gasteiger partial charge on any atom is 0.341 e. The van der Waals surface area contributed by atoms with Crippen molar-refractivity contribution in [1.82, 2.24) is 9.47 Å². The van der Waals surface area contributed by atoms with Crippen molar-refractivity contribution in [2.75, 3.05) is 13.2 Å². The number of hydrogen-bond donors (Lipinski definition) is 0. The molecule has 2 aromatic heterocycles. The van der Waals surface area contributed by atoms with Crippen molar-refractivity contribution in [2.24, 2.45) is 0 Å². The summed E-state index contributed by atoms with van der Waals surface area (Å²) in [6, 6.07) is 1.99. The zero-order valence-electron chi connectivity index (χ0n) is 18.5. The monoisotopic (exact) mass is 470 g/mol. The molecule has 168 valence electrons. The van der Waals surface area contributed by atoms with Crippen LogP contribution in [0.4, 0.5) is 4.79 Å². The Balaban J connectivity index is 1.79. The highest BCUT2D eigenvalue weighted by atomic mass is 32.2. The van der Waals surface area contributed by atoms with Gasteiger partial charge in [-0.25, -0.2) is 4.79 Å². The summed E-state index contributed by atoms with van der Waals surface area (Å²) < 4.78 is 7.49. The van der Waals surface area contributed by atoms with Gasteiger partial charge in [-0.05, 0) is 81.5 Å². The average Bonchev–Trinajstić information content (AvgIpc) is 3.35. The highest BCUT2D eigenvalue weighted by molar-refractivity contribution is 8.18. The number of nitrogens with zero attached hydrogens (tertiary/aromatic N) is 2. The number of carbonyl (C=O) groups excluding carboxylic acids is 3. The molecule has 0 saturated carbocycles. The van der Waals surface area contributed by atoms with Crippen LogP contribution in [0.5, 0.6) is 0 Å². The van der Waals surface area contributed by atoms with E-state index >= 15 is 0 Å². The third-order valence-corrected chi connectivity index (χ3v) is 7.96. The van der Waals surface area contributed by atoms with Gasteiger partial charge in [-0.2, -0.15) is 0 Å². The number of imide groups is 1. The summed E-state index contributed by atoms with van der Waals surface area (Å²) in [5.41, 5.74) is 4.53. The van der Waals surface area contributed by atoms with Gasteiger partial charge < -0.3 is 9.30 Å².